The number of aromatic amines is 1. The van der Waals surface area contributed by atoms with Crippen LogP contribution in [-0.2, 0) is 13.0 Å². The fourth-order valence-electron chi connectivity index (χ4n) is 3.33. The molecule has 1 amide bonds. The van der Waals surface area contributed by atoms with E-state index in [0.717, 1.165) is 23.2 Å². The first-order chi connectivity index (χ1) is 12.6. The Morgan fingerprint density at radius 3 is 3.00 bits per heavy atom. The maximum atomic E-state index is 13.9. The average molecular weight is 349 g/mol. The van der Waals surface area contributed by atoms with Gasteiger partial charge in [-0.15, -0.1) is 0 Å². The van der Waals surface area contributed by atoms with Crippen molar-refractivity contribution >= 4 is 22.6 Å². The van der Waals surface area contributed by atoms with Crippen molar-refractivity contribution < 1.29 is 9.18 Å². The molecule has 0 fully saturated rings. The van der Waals surface area contributed by atoms with E-state index >= 15 is 0 Å². The van der Waals surface area contributed by atoms with Crippen LogP contribution in [0, 0.1) is 24.1 Å². The van der Waals surface area contributed by atoms with E-state index < -0.39 is 11.7 Å². The molecule has 0 bridgehead atoms. The molecule has 0 saturated carbocycles. The topological polar surface area (TPSA) is 93.6 Å². The van der Waals surface area contributed by atoms with Crippen molar-refractivity contribution in [2.75, 3.05) is 11.9 Å². The molecule has 0 aliphatic carbocycles. The number of fused-ring (bicyclic) bond motifs is 2. The fraction of sp³-hybridized carbons (Fsp3) is 0.211. The van der Waals surface area contributed by atoms with E-state index in [1.165, 1.54) is 12.1 Å². The maximum Gasteiger partial charge on any atom is 0.257 e. The van der Waals surface area contributed by atoms with Gasteiger partial charge in [-0.2, -0.15) is 10.4 Å². The van der Waals surface area contributed by atoms with Gasteiger partial charge in [0.2, 0.25) is 0 Å². The van der Waals surface area contributed by atoms with Crippen LogP contribution in [0.5, 0.6) is 0 Å². The quantitative estimate of drug-likeness (QED) is 0.663. The number of H-pyrrole nitrogens is 1. The number of aryl methyl sites for hydroxylation is 1. The summed E-state index contributed by atoms with van der Waals surface area (Å²) in [7, 11) is 0. The second-order valence-corrected chi connectivity index (χ2v) is 6.37. The Labute approximate surface area is 149 Å². The maximum absolute atomic E-state index is 13.9. The summed E-state index contributed by atoms with van der Waals surface area (Å²) in [5.41, 5.74) is 3.99. The SMILES string of the molecule is Cc1cc2c(NC(=O)c3cc(F)cc4c3CNCC4)n[nH]c2cc1C#N. The van der Waals surface area contributed by atoms with Gasteiger partial charge in [0.1, 0.15) is 5.82 Å². The lowest BCUT2D eigenvalue weighted by Gasteiger charge is -2.20. The van der Waals surface area contributed by atoms with Crippen LogP contribution in [0.1, 0.15) is 32.6 Å². The highest BCUT2D eigenvalue weighted by atomic mass is 19.1. The van der Waals surface area contributed by atoms with Gasteiger partial charge in [-0.05, 0) is 60.8 Å². The number of nitrogens with one attached hydrogen (secondary N) is 3. The molecule has 0 spiro atoms. The van der Waals surface area contributed by atoms with Crippen LogP contribution in [0.15, 0.2) is 24.3 Å². The van der Waals surface area contributed by atoms with Gasteiger partial charge in [-0.1, -0.05) is 0 Å². The first-order valence-corrected chi connectivity index (χ1v) is 8.29. The van der Waals surface area contributed by atoms with Crippen molar-refractivity contribution in [1.82, 2.24) is 15.5 Å². The van der Waals surface area contributed by atoms with Crippen molar-refractivity contribution in [3.63, 3.8) is 0 Å². The third-order valence-electron chi connectivity index (χ3n) is 4.68. The number of halogens is 1. The summed E-state index contributed by atoms with van der Waals surface area (Å²) in [6.07, 6.45) is 0.689. The van der Waals surface area contributed by atoms with E-state index in [2.05, 4.69) is 26.9 Å². The van der Waals surface area contributed by atoms with E-state index in [1.807, 2.05) is 6.92 Å². The Balaban J connectivity index is 1.72. The molecular formula is C19H16FN5O. The van der Waals surface area contributed by atoms with Crippen LogP contribution in [-0.4, -0.2) is 22.6 Å². The number of rotatable bonds is 2. The average Bonchev–Trinajstić information content (AvgIpc) is 3.01. The van der Waals surface area contributed by atoms with E-state index in [-0.39, 0.29) is 0 Å². The van der Waals surface area contributed by atoms with Crippen molar-refractivity contribution in [1.29, 1.82) is 5.26 Å². The molecule has 1 aliphatic rings. The minimum atomic E-state index is -0.419. The first kappa shape index (κ1) is 16.2. The standard InChI is InChI=1S/C19H16FN5O/c1-10-4-15-17(6-12(10)8-21)24-25-18(15)23-19(26)14-7-13(20)5-11-2-3-22-9-16(11)14/h4-7,22H,2-3,9H2,1H3,(H2,23,24,25,26). The highest BCUT2D eigenvalue weighted by Gasteiger charge is 2.21. The van der Waals surface area contributed by atoms with Gasteiger partial charge in [0.15, 0.2) is 5.82 Å². The number of nitriles is 1. The van der Waals surface area contributed by atoms with E-state index in [4.69, 9.17) is 5.26 Å². The minimum Gasteiger partial charge on any atom is -0.312 e. The molecule has 3 aromatic rings. The summed E-state index contributed by atoms with van der Waals surface area (Å²) in [6, 6.07) is 8.37. The largest absolute Gasteiger partial charge is 0.312 e. The number of aromatic nitrogens is 2. The molecule has 2 heterocycles. The van der Waals surface area contributed by atoms with Crippen LogP contribution in [0.2, 0.25) is 0 Å². The molecule has 0 radical (unpaired) electrons. The Kier molecular flexibility index (Phi) is 3.90. The Bertz CT molecular complexity index is 1080. The summed E-state index contributed by atoms with van der Waals surface area (Å²) < 4.78 is 13.9. The molecule has 2 aromatic carbocycles. The van der Waals surface area contributed by atoms with E-state index in [0.29, 0.717) is 40.8 Å². The van der Waals surface area contributed by atoms with Crippen molar-refractivity contribution in [3.05, 3.63) is 57.9 Å². The predicted molar refractivity (Wildman–Crippen MR) is 95.3 cm³/mol. The van der Waals surface area contributed by atoms with Gasteiger partial charge in [-0.25, -0.2) is 4.39 Å². The number of nitrogens with zero attached hydrogens (tertiary/aromatic N) is 2. The van der Waals surface area contributed by atoms with E-state index in [1.54, 1.807) is 12.1 Å². The minimum absolute atomic E-state index is 0.314. The third kappa shape index (κ3) is 2.70. The molecule has 1 aliphatic heterocycles. The molecule has 3 N–H and O–H groups in total. The number of anilines is 1. The first-order valence-electron chi connectivity index (χ1n) is 8.29. The summed E-state index contributed by atoms with van der Waals surface area (Å²) in [6.45, 7) is 3.12. The lowest BCUT2D eigenvalue weighted by molar-refractivity contribution is 0.102. The van der Waals surface area contributed by atoms with Gasteiger partial charge < -0.3 is 10.6 Å². The lowest BCUT2D eigenvalue weighted by Crippen LogP contribution is -2.27. The molecule has 130 valence electrons. The van der Waals surface area contributed by atoms with Crippen molar-refractivity contribution in [3.8, 4) is 6.07 Å². The van der Waals surface area contributed by atoms with Crippen LogP contribution in [0.4, 0.5) is 10.2 Å². The third-order valence-corrected chi connectivity index (χ3v) is 4.68. The van der Waals surface area contributed by atoms with Gasteiger partial charge >= 0.3 is 0 Å². The zero-order valence-corrected chi connectivity index (χ0v) is 14.1. The number of carbonyl (C=O) groups is 1. The number of carbonyl (C=O) groups excluding carboxylic acids is 1. The van der Waals surface area contributed by atoms with Crippen LogP contribution in [0.3, 0.4) is 0 Å². The number of hydrogen-bond donors (Lipinski definition) is 3. The number of hydrogen-bond acceptors (Lipinski definition) is 4. The highest BCUT2D eigenvalue weighted by Crippen LogP contribution is 2.26. The van der Waals surface area contributed by atoms with Gasteiger partial charge in [0, 0.05) is 17.5 Å². The van der Waals surface area contributed by atoms with Gasteiger partial charge in [0.05, 0.1) is 17.1 Å². The second-order valence-electron chi connectivity index (χ2n) is 6.37. The fourth-order valence-corrected chi connectivity index (χ4v) is 3.33. The molecule has 6 nitrogen and oxygen atoms in total. The van der Waals surface area contributed by atoms with Crippen LogP contribution in [0.25, 0.3) is 10.9 Å². The Hall–Kier alpha value is -3.24. The molecule has 26 heavy (non-hydrogen) atoms. The molecule has 1 aromatic heterocycles. The molecule has 7 heteroatoms. The van der Waals surface area contributed by atoms with Crippen LogP contribution < -0.4 is 10.6 Å². The molecule has 0 atom stereocenters. The number of amides is 1. The molecule has 0 unspecified atom stereocenters. The van der Waals surface area contributed by atoms with Crippen molar-refractivity contribution in [2.24, 2.45) is 0 Å². The van der Waals surface area contributed by atoms with Crippen molar-refractivity contribution in [2.45, 2.75) is 19.9 Å². The van der Waals surface area contributed by atoms with E-state index in [9.17, 15) is 9.18 Å². The Morgan fingerprint density at radius 2 is 2.19 bits per heavy atom. The lowest BCUT2D eigenvalue weighted by atomic mass is 9.95. The summed E-state index contributed by atoms with van der Waals surface area (Å²) in [5, 5.41) is 22.8. The summed E-state index contributed by atoms with van der Waals surface area (Å²) >= 11 is 0. The highest BCUT2D eigenvalue weighted by molar-refractivity contribution is 6.09. The molecular weight excluding hydrogens is 333 g/mol. The zero-order valence-electron chi connectivity index (χ0n) is 14.1. The predicted octanol–water partition coefficient (Wildman–Crippen LogP) is 2.78. The number of benzene rings is 2. The molecule has 0 saturated heterocycles. The van der Waals surface area contributed by atoms with Crippen LogP contribution >= 0.6 is 0 Å². The molecule has 4 rings (SSSR count). The smallest absolute Gasteiger partial charge is 0.257 e. The zero-order chi connectivity index (χ0) is 18.3. The Morgan fingerprint density at radius 1 is 1.35 bits per heavy atom. The normalized spacial score (nSPS) is 13.3. The second kappa shape index (κ2) is 6.24. The van der Waals surface area contributed by atoms with Gasteiger partial charge in [0.25, 0.3) is 5.91 Å². The monoisotopic (exact) mass is 349 g/mol. The summed E-state index contributed by atoms with van der Waals surface area (Å²) in [4.78, 5) is 12.8. The van der Waals surface area contributed by atoms with Gasteiger partial charge in [-0.3, -0.25) is 9.89 Å². The summed E-state index contributed by atoms with van der Waals surface area (Å²) in [5.74, 6) is -0.462.